The van der Waals surface area contributed by atoms with Gasteiger partial charge in [0.05, 0.1) is 0 Å². The fraction of sp³-hybridized carbons (Fsp3) is 0.917. The van der Waals surface area contributed by atoms with Gasteiger partial charge < -0.3 is 10.2 Å². The van der Waals surface area contributed by atoms with E-state index < -0.39 is 0 Å². The predicted molar refractivity (Wildman–Crippen MR) is 71.0 cm³/mol. The molecule has 1 aliphatic rings. The van der Waals surface area contributed by atoms with Crippen molar-refractivity contribution in [3.8, 4) is 0 Å². The maximum atomic E-state index is 11.8. The largest absolute Gasteiger partial charge is 0.336 e. The van der Waals surface area contributed by atoms with E-state index >= 15 is 0 Å². The summed E-state index contributed by atoms with van der Waals surface area (Å²) in [5.41, 5.74) is 0. The van der Waals surface area contributed by atoms with Crippen LogP contribution in [0.15, 0.2) is 0 Å². The SMILES string of the molecule is CCSCC[C@@H](C)NC(=O)N1CC[C@H](C)C1. The Hall–Kier alpha value is -0.380. The van der Waals surface area contributed by atoms with Gasteiger partial charge in [-0.3, -0.25) is 0 Å². The van der Waals surface area contributed by atoms with E-state index in [9.17, 15) is 4.79 Å². The van der Waals surface area contributed by atoms with E-state index in [4.69, 9.17) is 0 Å². The lowest BCUT2D eigenvalue weighted by atomic mass is 10.2. The molecular formula is C12H24N2OS. The molecule has 2 amide bonds. The Bertz CT molecular complexity index is 223. The van der Waals surface area contributed by atoms with Crippen molar-refractivity contribution in [1.29, 1.82) is 0 Å². The van der Waals surface area contributed by atoms with Gasteiger partial charge in [0.1, 0.15) is 0 Å². The highest BCUT2D eigenvalue weighted by Crippen LogP contribution is 2.15. The van der Waals surface area contributed by atoms with Crippen molar-refractivity contribution in [3.05, 3.63) is 0 Å². The van der Waals surface area contributed by atoms with Crippen molar-refractivity contribution >= 4 is 17.8 Å². The molecule has 0 aromatic rings. The maximum Gasteiger partial charge on any atom is 0.317 e. The lowest BCUT2D eigenvalue weighted by Crippen LogP contribution is -2.42. The predicted octanol–water partition coefficient (Wildman–Crippen LogP) is 2.57. The van der Waals surface area contributed by atoms with Crippen molar-refractivity contribution in [2.45, 2.75) is 39.7 Å². The highest BCUT2D eigenvalue weighted by Gasteiger charge is 2.23. The van der Waals surface area contributed by atoms with Crippen LogP contribution in [0.4, 0.5) is 4.79 Å². The van der Waals surface area contributed by atoms with Crippen LogP contribution in [-0.2, 0) is 0 Å². The molecule has 94 valence electrons. The topological polar surface area (TPSA) is 32.3 Å². The lowest BCUT2D eigenvalue weighted by Gasteiger charge is -2.20. The van der Waals surface area contributed by atoms with E-state index in [-0.39, 0.29) is 6.03 Å². The van der Waals surface area contributed by atoms with Crippen molar-refractivity contribution in [3.63, 3.8) is 0 Å². The number of nitrogens with zero attached hydrogens (tertiary/aromatic N) is 1. The van der Waals surface area contributed by atoms with E-state index in [1.165, 1.54) is 0 Å². The molecule has 1 aliphatic heterocycles. The number of rotatable bonds is 5. The molecule has 1 N–H and O–H groups in total. The quantitative estimate of drug-likeness (QED) is 0.754. The molecule has 4 heteroatoms. The molecule has 1 saturated heterocycles. The molecule has 0 aliphatic carbocycles. The van der Waals surface area contributed by atoms with Crippen molar-refractivity contribution in [2.75, 3.05) is 24.6 Å². The van der Waals surface area contributed by atoms with Crippen LogP contribution in [0.5, 0.6) is 0 Å². The first-order valence-corrected chi connectivity index (χ1v) is 7.42. The van der Waals surface area contributed by atoms with Crippen LogP contribution >= 0.6 is 11.8 Å². The summed E-state index contributed by atoms with van der Waals surface area (Å²) >= 11 is 1.93. The Morgan fingerprint density at radius 2 is 2.38 bits per heavy atom. The highest BCUT2D eigenvalue weighted by atomic mass is 32.2. The molecule has 0 radical (unpaired) electrons. The number of thioether (sulfide) groups is 1. The van der Waals surface area contributed by atoms with Crippen LogP contribution in [0.2, 0.25) is 0 Å². The van der Waals surface area contributed by atoms with Crippen LogP contribution in [0, 0.1) is 5.92 Å². The Morgan fingerprint density at radius 3 is 2.94 bits per heavy atom. The minimum absolute atomic E-state index is 0.123. The summed E-state index contributed by atoms with van der Waals surface area (Å²) in [5.74, 6) is 2.95. The highest BCUT2D eigenvalue weighted by molar-refractivity contribution is 7.99. The summed E-state index contributed by atoms with van der Waals surface area (Å²) in [5, 5.41) is 3.07. The zero-order valence-corrected chi connectivity index (χ0v) is 11.5. The zero-order valence-electron chi connectivity index (χ0n) is 10.7. The molecule has 0 unspecified atom stereocenters. The second-order valence-electron chi connectivity index (χ2n) is 4.68. The van der Waals surface area contributed by atoms with Crippen LogP contribution in [0.25, 0.3) is 0 Å². The molecule has 0 aromatic heterocycles. The number of amides is 2. The normalized spacial score (nSPS) is 22.2. The Kier molecular flexibility index (Phi) is 6.03. The Balaban J connectivity index is 2.17. The first-order chi connectivity index (χ1) is 7.63. The Labute approximate surface area is 103 Å². The first kappa shape index (κ1) is 13.7. The van der Waals surface area contributed by atoms with E-state index in [2.05, 4.69) is 26.1 Å². The number of likely N-dealkylation sites (tertiary alicyclic amines) is 1. The number of urea groups is 1. The summed E-state index contributed by atoms with van der Waals surface area (Å²) in [6.45, 7) is 8.30. The van der Waals surface area contributed by atoms with E-state index in [0.717, 1.165) is 37.4 Å². The average Bonchev–Trinajstić information content (AvgIpc) is 2.65. The number of hydrogen-bond donors (Lipinski definition) is 1. The fourth-order valence-electron chi connectivity index (χ4n) is 1.90. The number of carbonyl (C=O) groups is 1. The van der Waals surface area contributed by atoms with Gasteiger partial charge in [-0.15, -0.1) is 0 Å². The lowest BCUT2D eigenvalue weighted by molar-refractivity contribution is 0.203. The molecule has 1 fully saturated rings. The number of hydrogen-bond acceptors (Lipinski definition) is 2. The van der Waals surface area contributed by atoms with Crippen LogP contribution in [-0.4, -0.2) is 41.6 Å². The molecule has 1 rings (SSSR count). The van der Waals surface area contributed by atoms with Gasteiger partial charge >= 0.3 is 6.03 Å². The van der Waals surface area contributed by atoms with Gasteiger partial charge in [-0.1, -0.05) is 13.8 Å². The van der Waals surface area contributed by atoms with Crippen molar-refractivity contribution < 1.29 is 4.79 Å². The van der Waals surface area contributed by atoms with Crippen LogP contribution in [0.1, 0.15) is 33.6 Å². The fourth-order valence-corrected chi connectivity index (χ4v) is 2.71. The van der Waals surface area contributed by atoms with Gasteiger partial charge in [-0.2, -0.15) is 11.8 Å². The van der Waals surface area contributed by atoms with E-state index in [0.29, 0.717) is 12.0 Å². The van der Waals surface area contributed by atoms with Crippen LogP contribution in [0.3, 0.4) is 0 Å². The molecule has 2 atom stereocenters. The average molecular weight is 244 g/mol. The smallest absolute Gasteiger partial charge is 0.317 e. The van der Waals surface area contributed by atoms with Gasteiger partial charge in [0, 0.05) is 19.1 Å². The first-order valence-electron chi connectivity index (χ1n) is 6.26. The summed E-state index contributed by atoms with van der Waals surface area (Å²) in [6, 6.07) is 0.417. The third-order valence-electron chi connectivity index (χ3n) is 2.98. The second kappa shape index (κ2) is 7.05. The number of carbonyl (C=O) groups excluding carboxylic acids is 1. The third-order valence-corrected chi connectivity index (χ3v) is 3.91. The van der Waals surface area contributed by atoms with Gasteiger partial charge in [0.15, 0.2) is 0 Å². The maximum absolute atomic E-state index is 11.8. The molecule has 0 saturated carbocycles. The number of nitrogens with one attached hydrogen (secondary N) is 1. The summed E-state index contributed by atoms with van der Waals surface area (Å²) < 4.78 is 0. The molecule has 1 heterocycles. The molecule has 3 nitrogen and oxygen atoms in total. The monoisotopic (exact) mass is 244 g/mol. The summed E-state index contributed by atoms with van der Waals surface area (Å²) in [6.07, 6.45) is 2.21. The van der Waals surface area contributed by atoms with Gasteiger partial charge in [-0.25, -0.2) is 4.79 Å². The van der Waals surface area contributed by atoms with Gasteiger partial charge in [0.25, 0.3) is 0 Å². The van der Waals surface area contributed by atoms with Gasteiger partial charge in [-0.05, 0) is 37.2 Å². The summed E-state index contributed by atoms with van der Waals surface area (Å²) in [4.78, 5) is 13.8. The molecule has 0 aromatic carbocycles. The Morgan fingerprint density at radius 1 is 1.62 bits per heavy atom. The van der Waals surface area contributed by atoms with E-state index in [1.807, 2.05) is 16.7 Å². The summed E-state index contributed by atoms with van der Waals surface area (Å²) in [7, 11) is 0. The molecular weight excluding hydrogens is 220 g/mol. The van der Waals surface area contributed by atoms with E-state index in [1.54, 1.807) is 0 Å². The molecule has 0 spiro atoms. The van der Waals surface area contributed by atoms with Crippen molar-refractivity contribution in [1.82, 2.24) is 10.2 Å². The minimum Gasteiger partial charge on any atom is -0.336 e. The van der Waals surface area contributed by atoms with Gasteiger partial charge in [0.2, 0.25) is 0 Å². The molecule has 0 bridgehead atoms. The van der Waals surface area contributed by atoms with Crippen molar-refractivity contribution in [2.24, 2.45) is 5.92 Å². The van der Waals surface area contributed by atoms with Crippen LogP contribution < -0.4 is 5.32 Å². The second-order valence-corrected chi connectivity index (χ2v) is 6.07. The molecule has 16 heavy (non-hydrogen) atoms. The minimum atomic E-state index is 0.123. The standard InChI is InChI=1S/C12H24N2OS/c1-4-16-8-6-11(3)13-12(15)14-7-5-10(2)9-14/h10-11H,4-9H2,1-3H3,(H,13,15)/t10-,11+/m0/s1. The zero-order chi connectivity index (χ0) is 12.0. The third kappa shape index (κ3) is 4.64.